The highest BCUT2D eigenvalue weighted by molar-refractivity contribution is 7.89. The van der Waals surface area contributed by atoms with Gasteiger partial charge in [0.1, 0.15) is 5.75 Å². The number of nitrogens with zero attached hydrogens (tertiary/aromatic N) is 1. The van der Waals surface area contributed by atoms with Gasteiger partial charge in [-0.25, -0.2) is 4.83 Å². The van der Waals surface area contributed by atoms with Crippen molar-refractivity contribution < 1.29 is 13.2 Å². The summed E-state index contributed by atoms with van der Waals surface area (Å²) < 4.78 is 29.5. The lowest BCUT2D eigenvalue weighted by Gasteiger charge is -2.06. The normalized spacial score (nSPS) is 11.5. The maximum absolute atomic E-state index is 12.0. The van der Waals surface area contributed by atoms with Crippen LogP contribution < -0.4 is 15.3 Å². The van der Waals surface area contributed by atoms with Crippen molar-refractivity contribution in [1.29, 1.82) is 0 Å². The van der Waals surface area contributed by atoms with Crippen LogP contribution in [0.15, 0.2) is 58.5 Å². The molecule has 0 fully saturated rings. The first-order chi connectivity index (χ1) is 10.5. The Labute approximate surface area is 129 Å². The van der Waals surface area contributed by atoms with Crippen molar-refractivity contribution in [2.24, 2.45) is 5.10 Å². The molecule has 116 valence electrons. The Morgan fingerprint density at radius 3 is 2.55 bits per heavy atom. The Kier molecular flexibility index (Phi) is 5.00. The Morgan fingerprint density at radius 1 is 1.18 bits per heavy atom. The van der Waals surface area contributed by atoms with Crippen LogP contribution in [-0.2, 0) is 10.0 Å². The summed E-state index contributed by atoms with van der Waals surface area (Å²) in [5.41, 5.74) is 6.71. The van der Waals surface area contributed by atoms with E-state index in [0.717, 1.165) is 0 Å². The number of anilines is 1. The van der Waals surface area contributed by atoms with Gasteiger partial charge in [-0.2, -0.15) is 13.5 Å². The van der Waals surface area contributed by atoms with E-state index >= 15 is 0 Å². The van der Waals surface area contributed by atoms with Crippen LogP contribution in [0.1, 0.15) is 12.5 Å². The second kappa shape index (κ2) is 6.95. The first-order valence-corrected chi connectivity index (χ1v) is 8.13. The molecule has 0 atom stereocenters. The molecule has 0 saturated heterocycles. The fourth-order valence-electron chi connectivity index (χ4n) is 1.74. The topological polar surface area (TPSA) is 93.8 Å². The van der Waals surface area contributed by atoms with Crippen molar-refractivity contribution in [2.45, 2.75) is 11.8 Å². The number of para-hydroxylation sites is 1. The predicted octanol–water partition coefficient (Wildman–Crippen LogP) is 1.98. The zero-order chi connectivity index (χ0) is 16.0. The van der Waals surface area contributed by atoms with Crippen LogP contribution in [0.5, 0.6) is 5.75 Å². The van der Waals surface area contributed by atoms with E-state index in [1.807, 2.05) is 19.1 Å². The number of benzene rings is 2. The van der Waals surface area contributed by atoms with Gasteiger partial charge in [-0.1, -0.05) is 12.1 Å². The molecule has 22 heavy (non-hydrogen) atoms. The number of nitrogens with one attached hydrogen (secondary N) is 1. The Morgan fingerprint density at radius 2 is 1.86 bits per heavy atom. The predicted molar refractivity (Wildman–Crippen MR) is 86.4 cm³/mol. The highest BCUT2D eigenvalue weighted by Gasteiger charge is 2.12. The summed E-state index contributed by atoms with van der Waals surface area (Å²) >= 11 is 0. The number of hydrazone groups is 1. The van der Waals surface area contributed by atoms with Gasteiger partial charge in [0.2, 0.25) is 0 Å². The molecular formula is C15H17N3O3S. The summed E-state index contributed by atoms with van der Waals surface area (Å²) in [6.07, 6.45) is 1.40. The van der Waals surface area contributed by atoms with Gasteiger partial charge in [0.15, 0.2) is 0 Å². The van der Waals surface area contributed by atoms with Gasteiger partial charge in [-0.15, -0.1) is 0 Å². The third kappa shape index (κ3) is 3.98. The molecule has 0 saturated carbocycles. The number of nitrogens with two attached hydrogens (primary N) is 1. The minimum absolute atomic E-state index is 0.0944. The van der Waals surface area contributed by atoms with Gasteiger partial charge in [-0.05, 0) is 43.3 Å². The third-order valence-electron chi connectivity index (χ3n) is 2.79. The molecule has 3 N–H and O–H groups in total. The van der Waals surface area contributed by atoms with Gasteiger partial charge in [0, 0.05) is 11.3 Å². The molecular weight excluding hydrogens is 302 g/mol. The van der Waals surface area contributed by atoms with Gasteiger partial charge in [0.05, 0.1) is 17.7 Å². The number of rotatable bonds is 6. The molecule has 6 nitrogen and oxygen atoms in total. The quantitative estimate of drug-likeness (QED) is 0.483. The maximum atomic E-state index is 12.0. The minimum Gasteiger partial charge on any atom is -0.493 e. The zero-order valence-electron chi connectivity index (χ0n) is 12.1. The summed E-state index contributed by atoms with van der Waals surface area (Å²) in [6, 6.07) is 13.1. The first-order valence-electron chi connectivity index (χ1n) is 6.65. The monoisotopic (exact) mass is 319 g/mol. The molecule has 0 aromatic heterocycles. The number of sulfonamides is 1. The van der Waals surface area contributed by atoms with Gasteiger partial charge in [0.25, 0.3) is 10.0 Å². The molecule has 0 aliphatic carbocycles. The van der Waals surface area contributed by atoms with E-state index in [1.165, 1.54) is 30.5 Å². The standard InChI is InChI=1S/C15H17N3O3S/c1-2-21-15-6-4-3-5-12(15)11-17-18-22(19,20)14-9-7-13(16)8-10-14/h3-11,18H,2,16H2,1H3/b17-11-. The van der Waals surface area contributed by atoms with E-state index in [-0.39, 0.29) is 4.90 Å². The van der Waals surface area contributed by atoms with Crippen LogP contribution in [0.4, 0.5) is 5.69 Å². The van der Waals surface area contributed by atoms with Crippen molar-refractivity contribution in [2.75, 3.05) is 12.3 Å². The smallest absolute Gasteiger partial charge is 0.276 e. The lowest BCUT2D eigenvalue weighted by atomic mass is 10.2. The van der Waals surface area contributed by atoms with Crippen molar-refractivity contribution in [3.05, 3.63) is 54.1 Å². The fourth-order valence-corrected chi connectivity index (χ4v) is 2.53. The Bertz CT molecular complexity index is 756. The van der Waals surface area contributed by atoms with E-state index in [0.29, 0.717) is 23.6 Å². The van der Waals surface area contributed by atoms with Crippen LogP contribution >= 0.6 is 0 Å². The third-order valence-corrected chi connectivity index (χ3v) is 4.02. The number of nitrogen functional groups attached to an aromatic ring is 1. The molecule has 0 amide bonds. The van der Waals surface area contributed by atoms with Crippen molar-refractivity contribution in [3.8, 4) is 5.75 Å². The minimum atomic E-state index is -3.72. The average Bonchev–Trinajstić information content (AvgIpc) is 2.49. The molecule has 2 aromatic rings. The number of hydrogen-bond donors (Lipinski definition) is 2. The van der Waals surface area contributed by atoms with Crippen LogP contribution in [0.25, 0.3) is 0 Å². The van der Waals surface area contributed by atoms with Crippen LogP contribution in [0, 0.1) is 0 Å². The summed E-state index contributed by atoms with van der Waals surface area (Å²) in [7, 11) is -3.72. The van der Waals surface area contributed by atoms with E-state index in [2.05, 4.69) is 9.93 Å². The zero-order valence-corrected chi connectivity index (χ0v) is 12.9. The van der Waals surface area contributed by atoms with Crippen molar-refractivity contribution in [3.63, 3.8) is 0 Å². The van der Waals surface area contributed by atoms with Gasteiger partial charge in [-0.3, -0.25) is 0 Å². The SMILES string of the molecule is CCOc1ccccc1/C=N\NS(=O)(=O)c1ccc(N)cc1. The van der Waals surface area contributed by atoms with Crippen LogP contribution in [0.2, 0.25) is 0 Å². The van der Waals surface area contributed by atoms with E-state index in [9.17, 15) is 8.42 Å². The Hall–Kier alpha value is -2.54. The van der Waals surface area contributed by atoms with Crippen LogP contribution in [-0.4, -0.2) is 21.2 Å². The summed E-state index contributed by atoms with van der Waals surface area (Å²) in [6.45, 7) is 2.39. The van der Waals surface area contributed by atoms with E-state index in [4.69, 9.17) is 10.5 Å². The van der Waals surface area contributed by atoms with Gasteiger partial charge < -0.3 is 10.5 Å². The molecule has 2 rings (SSSR count). The average molecular weight is 319 g/mol. The largest absolute Gasteiger partial charge is 0.493 e. The summed E-state index contributed by atoms with van der Waals surface area (Å²) in [4.78, 5) is 2.25. The molecule has 0 unspecified atom stereocenters. The first kappa shape index (κ1) is 15.8. The van der Waals surface area contributed by atoms with E-state index in [1.54, 1.807) is 12.1 Å². The Balaban J connectivity index is 2.13. The van der Waals surface area contributed by atoms with Crippen LogP contribution in [0.3, 0.4) is 0 Å². The number of ether oxygens (including phenoxy) is 1. The second-order valence-electron chi connectivity index (χ2n) is 4.39. The highest BCUT2D eigenvalue weighted by atomic mass is 32.2. The highest BCUT2D eigenvalue weighted by Crippen LogP contribution is 2.16. The van der Waals surface area contributed by atoms with Crippen molar-refractivity contribution in [1.82, 2.24) is 4.83 Å². The maximum Gasteiger partial charge on any atom is 0.276 e. The number of hydrogen-bond acceptors (Lipinski definition) is 5. The van der Waals surface area contributed by atoms with Gasteiger partial charge >= 0.3 is 0 Å². The lowest BCUT2D eigenvalue weighted by Crippen LogP contribution is -2.18. The summed E-state index contributed by atoms with van der Waals surface area (Å²) in [5, 5.41) is 3.78. The summed E-state index contributed by atoms with van der Waals surface area (Å²) in [5.74, 6) is 0.639. The fraction of sp³-hybridized carbons (Fsp3) is 0.133. The molecule has 0 spiro atoms. The molecule has 7 heteroatoms. The molecule has 0 heterocycles. The molecule has 2 aromatic carbocycles. The lowest BCUT2D eigenvalue weighted by molar-refractivity contribution is 0.340. The second-order valence-corrected chi connectivity index (χ2v) is 6.05. The van der Waals surface area contributed by atoms with E-state index < -0.39 is 10.0 Å². The molecule has 0 radical (unpaired) electrons. The molecule has 0 aliphatic heterocycles. The molecule has 0 bridgehead atoms. The van der Waals surface area contributed by atoms with Crippen molar-refractivity contribution >= 4 is 21.9 Å². The molecule has 0 aliphatic rings.